The van der Waals surface area contributed by atoms with E-state index in [4.69, 9.17) is 15.0 Å². The van der Waals surface area contributed by atoms with E-state index in [9.17, 15) is 0 Å². The molecule has 0 radical (unpaired) electrons. The van der Waals surface area contributed by atoms with E-state index in [1.807, 2.05) is 12.1 Å². The van der Waals surface area contributed by atoms with E-state index in [2.05, 4.69) is 174 Å². The zero-order valence-corrected chi connectivity index (χ0v) is 26.6. The van der Waals surface area contributed by atoms with Crippen molar-refractivity contribution in [2.45, 2.75) is 0 Å². The molecule has 0 aliphatic heterocycles. The predicted molar refractivity (Wildman–Crippen MR) is 201 cm³/mol. The summed E-state index contributed by atoms with van der Waals surface area (Å²) in [7, 11) is 0. The zero-order valence-electron chi connectivity index (χ0n) is 26.6. The molecule has 0 unspecified atom stereocenters. The molecule has 4 heteroatoms. The van der Waals surface area contributed by atoms with Gasteiger partial charge in [0.2, 0.25) is 0 Å². The van der Waals surface area contributed by atoms with Gasteiger partial charge < -0.3 is 4.57 Å². The lowest BCUT2D eigenvalue weighted by Gasteiger charge is -2.13. The molecule has 9 rings (SSSR count). The van der Waals surface area contributed by atoms with Crippen LogP contribution in [0.1, 0.15) is 0 Å². The van der Waals surface area contributed by atoms with E-state index in [0.717, 1.165) is 66.4 Å². The molecule has 230 valence electrons. The Bertz CT molecular complexity index is 2590. The van der Waals surface area contributed by atoms with Gasteiger partial charge in [-0.15, -0.1) is 0 Å². The second-order valence-corrected chi connectivity index (χ2v) is 12.1. The van der Waals surface area contributed by atoms with E-state index in [1.54, 1.807) is 0 Å². The second-order valence-electron chi connectivity index (χ2n) is 12.1. The molecular weight excluding hydrogens is 597 g/mol. The molecule has 0 fully saturated rings. The summed E-state index contributed by atoms with van der Waals surface area (Å²) in [6.07, 6.45) is 0. The minimum Gasteiger partial charge on any atom is -0.309 e. The van der Waals surface area contributed by atoms with E-state index in [0.29, 0.717) is 17.5 Å². The van der Waals surface area contributed by atoms with Crippen molar-refractivity contribution in [3.05, 3.63) is 182 Å². The number of fused-ring (bicyclic) bond motifs is 3. The molecule has 0 aliphatic carbocycles. The summed E-state index contributed by atoms with van der Waals surface area (Å²) in [6.45, 7) is 0. The summed E-state index contributed by atoms with van der Waals surface area (Å²) in [5.41, 5.74) is 10.6. The van der Waals surface area contributed by atoms with Gasteiger partial charge in [0.25, 0.3) is 0 Å². The Morgan fingerprint density at radius 1 is 0.327 bits per heavy atom. The first-order chi connectivity index (χ1) is 24.3. The topological polar surface area (TPSA) is 43.6 Å². The molecule has 7 aromatic carbocycles. The fourth-order valence-electron chi connectivity index (χ4n) is 6.82. The molecule has 0 saturated heterocycles. The maximum Gasteiger partial charge on any atom is 0.164 e. The van der Waals surface area contributed by atoms with Crippen LogP contribution in [0, 0.1) is 0 Å². The van der Waals surface area contributed by atoms with Gasteiger partial charge in [0.15, 0.2) is 17.5 Å². The Labute approximate surface area is 284 Å². The van der Waals surface area contributed by atoms with Crippen LogP contribution >= 0.6 is 0 Å². The lowest BCUT2D eigenvalue weighted by molar-refractivity contribution is 1.08. The summed E-state index contributed by atoms with van der Waals surface area (Å²) < 4.78 is 2.32. The lowest BCUT2D eigenvalue weighted by Crippen LogP contribution is -2.01. The molecule has 0 atom stereocenters. The Hall–Kier alpha value is -6.65. The van der Waals surface area contributed by atoms with Crippen LogP contribution in [0.2, 0.25) is 0 Å². The smallest absolute Gasteiger partial charge is 0.164 e. The van der Waals surface area contributed by atoms with Crippen LogP contribution in [0.25, 0.3) is 83.9 Å². The third-order valence-electron chi connectivity index (χ3n) is 9.07. The van der Waals surface area contributed by atoms with Crippen LogP contribution in [-0.4, -0.2) is 19.5 Å². The van der Waals surface area contributed by atoms with Crippen LogP contribution < -0.4 is 0 Å². The zero-order chi connectivity index (χ0) is 32.6. The van der Waals surface area contributed by atoms with E-state index in [1.165, 1.54) is 0 Å². The number of rotatable bonds is 6. The van der Waals surface area contributed by atoms with Crippen LogP contribution in [0.4, 0.5) is 0 Å². The van der Waals surface area contributed by atoms with Crippen molar-refractivity contribution < 1.29 is 0 Å². The molecule has 0 saturated carbocycles. The lowest BCUT2D eigenvalue weighted by atomic mass is 9.99. The standard InChI is InChI=1S/C45H30N4/c1-4-16-31(17-5-1)33-20-14-21-34(30-33)43-46-44(37-25-11-10-24-36(37)32-18-6-2-7-19-32)48-45(47-43)39-27-15-29-41-42(39)38-26-12-13-28-40(38)49(41)35-22-8-3-9-23-35/h1-30H. The van der Waals surface area contributed by atoms with E-state index in [-0.39, 0.29) is 0 Å². The molecule has 0 bridgehead atoms. The minimum atomic E-state index is 0.629. The molecule has 0 N–H and O–H groups in total. The summed E-state index contributed by atoms with van der Waals surface area (Å²) >= 11 is 0. The van der Waals surface area contributed by atoms with Crippen LogP contribution in [-0.2, 0) is 0 Å². The molecule has 9 aromatic rings. The first kappa shape index (κ1) is 28.6. The molecule has 0 aliphatic rings. The fraction of sp³-hybridized carbons (Fsp3) is 0. The fourth-order valence-corrected chi connectivity index (χ4v) is 6.82. The monoisotopic (exact) mass is 626 g/mol. The largest absolute Gasteiger partial charge is 0.309 e. The minimum absolute atomic E-state index is 0.629. The predicted octanol–water partition coefficient (Wildman–Crippen LogP) is 11.3. The van der Waals surface area contributed by atoms with Gasteiger partial charge in [-0.2, -0.15) is 0 Å². The van der Waals surface area contributed by atoms with Crippen molar-refractivity contribution in [2.24, 2.45) is 0 Å². The number of hydrogen-bond acceptors (Lipinski definition) is 3. The van der Waals surface area contributed by atoms with Crippen LogP contribution in [0.5, 0.6) is 0 Å². The van der Waals surface area contributed by atoms with Crippen molar-refractivity contribution >= 4 is 21.8 Å². The third kappa shape index (κ3) is 5.16. The van der Waals surface area contributed by atoms with Crippen molar-refractivity contribution in [1.29, 1.82) is 0 Å². The quantitative estimate of drug-likeness (QED) is 0.184. The number of nitrogens with zero attached hydrogens (tertiary/aromatic N) is 4. The van der Waals surface area contributed by atoms with Gasteiger partial charge in [0.1, 0.15) is 0 Å². The Kier molecular flexibility index (Phi) is 7.10. The molecular formula is C45H30N4. The van der Waals surface area contributed by atoms with Gasteiger partial charge >= 0.3 is 0 Å². The van der Waals surface area contributed by atoms with Crippen LogP contribution in [0.3, 0.4) is 0 Å². The summed E-state index contributed by atoms with van der Waals surface area (Å²) in [5, 5.41) is 2.26. The summed E-state index contributed by atoms with van der Waals surface area (Å²) in [4.78, 5) is 15.7. The Balaban J connectivity index is 1.32. The molecule has 4 nitrogen and oxygen atoms in total. The van der Waals surface area contributed by atoms with Crippen molar-refractivity contribution in [1.82, 2.24) is 19.5 Å². The molecule has 2 heterocycles. The van der Waals surface area contributed by atoms with Gasteiger partial charge in [-0.3, -0.25) is 0 Å². The van der Waals surface area contributed by atoms with E-state index >= 15 is 0 Å². The van der Waals surface area contributed by atoms with Gasteiger partial charge in [0, 0.05) is 33.2 Å². The van der Waals surface area contributed by atoms with Gasteiger partial charge in [-0.25, -0.2) is 15.0 Å². The first-order valence-corrected chi connectivity index (χ1v) is 16.5. The van der Waals surface area contributed by atoms with Crippen molar-refractivity contribution in [3.63, 3.8) is 0 Å². The second kappa shape index (κ2) is 12.2. The van der Waals surface area contributed by atoms with Gasteiger partial charge in [-0.1, -0.05) is 152 Å². The Morgan fingerprint density at radius 3 is 1.61 bits per heavy atom. The highest BCUT2D eigenvalue weighted by Gasteiger charge is 2.20. The SMILES string of the molecule is c1ccc(-c2cccc(-c3nc(-c4ccccc4-c4ccccc4)nc(-c4cccc5c4c4ccccc4n5-c4ccccc4)n3)c2)cc1. The van der Waals surface area contributed by atoms with Crippen molar-refractivity contribution in [3.8, 4) is 62.1 Å². The third-order valence-corrected chi connectivity index (χ3v) is 9.07. The molecule has 0 amide bonds. The number of hydrogen-bond donors (Lipinski definition) is 0. The van der Waals surface area contributed by atoms with Gasteiger partial charge in [-0.05, 0) is 52.6 Å². The number of aromatic nitrogens is 4. The maximum atomic E-state index is 5.27. The normalized spacial score (nSPS) is 11.3. The summed E-state index contributed by atoms with van der Waals surface area (Å²) in [6, 6.07) is 63.2. The first-order valence-electron chi connectivity index (χ1n) is 16.5. The average molecular weight is 627 g/mol. The number of benzene rings is 7. The van der Waals surface area contributed by atoms with Crippen LogP contribution in [0.15, 0.2) is 182 Å². The number of para-hydroxylation sites is 2. The Morgan fingerprint density at radius 2 is 0.837 bits per heavy atom. The molecule has 49 heavy (non-hydrogen) atoms. The molecule has 2 aromatic heterocycles. The van der Waals surface area contributed by atoms with Gasteiger partial charge in [0.05, 0.1) is 11.0 Å². The summed E-state index contributed by atoms with van der Waals surface area (Å²) in [5.74, 6) is 1.90. The maximum absolute atomic E-state index is 5.27. The van der Waals surface area contributed by atoms with E-state index < -0.39 is 0 Å². The highest BCUT2D eigenvalue weighted by molar-refractivity contribution is 6.15. The highest BCUT2D eigenvalue weighted by Crippen LogP contribution is 2.39. The highest BCUT2D eigenvalue weighted by atomic mass is 15.0. The average Bonchev–Trinajstić information content (AvgIpc) is 3.53. The molecule has 0 spiro atoms. The van der Waals surface area contributed by atoms with Crippen molar-refractivity contribution in [2.75, 3.05) is 0 Å².